The minimum atomic E-state index is -3.38. The largest absolute Gasteiger partial charge is 0.477 e. The Hall–Kier alpha value is -2.19. The topological polar surface area (TPSA) is 91.8 Å². The minimum absolute atomic E-state index is 0.112. The van der Waals surface area contributed by atoms with Gasteiger partial charge >= 0.3 is 5.97 Å². The molecular formula is C25H33NO5S2. The van der Waals surface area contributed by atoms with Gasteiger partial charge in [-0.05, 0) is 75.8 Å². The molecule has 0 saturated carbocycles. The second kappa shape index (κ2) is 10.4. The molecule has 0 aliphatic carbocycles. The number of Topliss-reactive ketones (excluding diaryl/α,β-unsaturated/α-hetero) is 1. The first kappa shape index (κ1) is 25.4. The van der Waals surface area contributed by atoms with Crippen LogP contribution in [0.5, 0.6) is 0 Å². The number of carboxylic acid groups (broad SMARTS) is 1. The predicted octanol–water partition coefficient (Wildman–Crippen LogP) is 5.41. The molecule has 2 aromatic rings. The van der Waals surface area contributed by atoms with Crippen molar-refractivity contribution >= 4 is 38.8 Å². The van der Waals surface area contributed by atoms with Crippen molar-refractivity contribution in [3.05, 3.63) is 51.7 Å². The summed E-state index contributed by atoms with van der Waals surface area (Å²) < 4.78 is 27.1. The Bertz CT molecular complexity index is 1090. The molecular weight excluding hydrogens is 458 g/mol. The molecule has 6 nitrogen and oxygen atoms in total. The number of hydrogen-bond acceptors (Lipinski definition) is 5. The third-order valence-corrected chi connectivity index (χ3v) is 9.46. The Labute approximate surface area is 200 Å². The number of aromatic carboxylic acids is 1. The lowest BCUT2D eigenvalue weighted by molar-refractivity contribution is -0.123. The maximum Gasteiger partial charge on any atom is 0.345 e. The summed E-state index contributed by atoms with van der Waals surface area (Å²) >= 11 is 1.27. The summed E-state index contributed by atoms with van der Waals surface area (Å²) in [5.41, 5.74) is 0.932. The highest BCUT2D eigenvalue weighted by atomic mass is 32.2. The summed E-state index contributed by atoms with van der Waals surface area (Å²) in [6, 6.07) is 10.7. The highest BCUT2D eigenvalue weighted by Gasteiger charge is 2.37. The van der Waals surface area contributed by atoms with E-state index in [1.807, 2.05) is 44.2 Å². The Morgan fingerprint density at radius 1 is 1.12 bits per heavy atom. The van der Waals surface area contributed by atoms with Crippen LogP contribution in [0.1, 0.15) is 79.4 Å². The highest BCUT2D eigenvalue weighted by molar-refractivity contribution is 7.93. The van der Waals surface area contributed by atoms with E-state index in [2.05, 4.69) is 6.92 Å². The number of nitrogens with zero attached hydrogens (tertiary/aromatic N) is 1. The van der Waals surface area contributed by atoms with E-state index in [9.17, 15) is 18.0 Å². The second-order valence-corrected chi connectivity index (χ2v) is 12.4. The number of unbranched alkanes of at least 4 members (excludes halogenated alkanes) is 1. The van der Waals surface area contributed by atoms with Gasteiger partial charge in [0, 0.05) is 22.8 Å². The van der Waals surface area contributed by atoms with Crippen molar-refractivity contribution in [2.75, 3.05) is 10.1 Å². The van der Waals surface area contributed by atoms with Gasteiger partial charge in [-0.2, -0.15) is 0 Å². The van der Waals surface area contributed by atoms with Crippen LogP contribution in [0.25, 0.3) is 0 Å². The maximum atomic E-state index is 12.8. The minimum Gasteiger partial charge on any atom is -0.477 e. The van der Waals surface area contributed by atoms with E-state index in [0.717, 1.165) is 36.1 Å². The van der Waals surface area contributed by atoms with Crippen molar-refractivity contribution in [2.45, 2.75) is 77.2 Å². The molecule has 1 unspecified atom stereocenters. The molecule has 1 aliphatic heterocycles. The zero-order valence-corrected chi connectivity index (χ0v) is 21.2. The molecule has 180 valence electrons. The quantitative estimate of drug-likeness (QED) is 0.453. The van der Waals surface area contributed by atoms with Crippen LogP contribution in [-0.2, 0) is 26.7 Å². The average molecular weight is 492 g/mol. The molecule has 1 aliphatic rings. The average Bonchev–Trinajstić information content (AvgIpc) is 3.36. The van der Waals surface area contributed by atoms with Gasteiger partial charge in [0.05, 0.1) is 11.4 Å². The molecule has 1 aromatic carbocycles. The molecule has 3 rings (SSSR count). The van der Waals surface area contributed by atoms with Gasteiger partial charge in [-0.15, -0.1) is 11.3 Å². The number of carbonyl (C=O) groups excluding carboxylic acids is 1. The van der Waals surface area contributed by atoms with Crippen LogP contribution in [0.15, 0.2) is 36.4 Å². The fourth-order valence-corrected chi connectivity index (χ4v) is 7.10. The van der Waals surface area contributed by atoms with Crippen LogP contribution in [0.2, 0.25) is 0 Å². The third kappa shape index (κ3) is 5.84. The van der Waals surface area contributed by atoms with Crippen molar-refractivity contribution < 1.29 is 23.1 Å². The van der Waals surface area contributed by atoms with Crippen LogP contribution in [0.4, 0.5) is 5.69 Å². The van der Waals surface area contributed by atoms with E-state index in [1.165, 1.54) is 11.3 Å². The monoisotopic (exact) mass is 491 g/mol. The lowest BCUT2D eigenvalue weighted by Gasteiger charge is -2.27. The van der Waals surface area contributed by atoms with Crippen molar-refractivity contribution in [3.63, 3.8) is 0 Å². The van der Waals surface area contributed by atoms with E-state index in [0.29, 0.717) is 29.8 Å². The van der Waals surface area contributed by atoms with Gasteiger partial charge in [0.15, 0.2) is 0 Å². The fraction of sp³-hybridized carbons (Fsp3) is 0.520. The summed E-state index contributed by atoms with van der Waals surface area (Å²) in [4.78, 5) is 25.0. The number of rotatable bonds is 11. The lowest BCUT2D eigenvalue weighted by Crippen LogP contribution is -2.33. The SMILES string of the molecule is CCCCC(=O)C(C)(C)c1ccc(N2C(CCCc3ccc(C(=O)O)s3)CCS2(=O)=O)cc1. The summed E-state index contributed by atoms with van der Waals surface area (Å²) in [6.07, 6.45) is 5.20. The zero-order chi connectivity index (χ0) is 24.2. The van der Waals surface area contributed by atoms with Crippen LogP contribution < -0.4 is 4.31 Å². The molecule has 0 amide bonds. The van der Waals surface area contributed by atoms with Crippen molar-refractivity contribution in [3.8, 4) is 0 Å². The van der Waals surface area contributed by atoms with Gasteiger partial charge in [0.25, 0.3) is 0 Å². The summed E-state index contributed by atoms with van der Waals surface area (Å²) in [5.74, 6) is -0.593. The predicted molar refractivity (Wildman–Crippen MR) is 133 cm³/mol. The number of ketones is 1. The first-order valence-corrected chi connectivity index (χ1v) is 14.0. The number of carboxylic acids is 1. The summed E-state index contributed by atoms with van der Waals surface area (Å²) in [6.45, 7) is 5.92. The van der Waals surface area contributed by atoms with Crippen molar-refractivity contribution in [2.24, 2.45) is 0 Å². The zero-order valence-electron chi connectivity index (χ0n) is 19.5. The molecule has 1 fully saturated rings. The maximum absolute atomic E-state index is 12.8. The molecule has 33 heavy (non-hydrogen) atoms. The normalized spacial score (nSPS) is 17.9. The number of sulfonamides is 1. The summed E-state index contributed by atoms with van der Waals surface area (Å²) in [5, 5.41) is 9.07. The number of benzene rings is 1. The fourth-order valence-electron chi connectivity index (χ4n) is 4.34. The molecule has 0 bridgehead atoms. The Morgan fingerprint density at radius 2 is 1.82 bits per heavy atom. The number of carbonyl (C=O) groups is 2. The van der Waals surface area contributed by atoms with E-state index in [1.54, 1.807) is 10.4 Å². The van der Waals surface area contributed by atoms with E-state index < -0.39 is 21.4 Å². The smallest absolute Gasteiger partial charge is 0.345 e. The molecule has 2 heterocycles. The van der Waals surface area contributed by atoms with Crippen molar-refractivity contribution in [1.29, 1.82) is 0 Å². The van der Waals surface area contributed by atoms with Crippen LogP contribution in [-0.4, -0.2) is 37.1 Å². The molecule has 8 heteroatoms. The highest BCUT2D eigenvalue weighted by Crippen LogP contribution is 2.34. The standard InChI is InChI=1S/C25H33NO5S2/c1-4-5-9-23(27)25(2,3)18-10-12-20(13-11-18)26-19(16-17-33(26,30)31)7-6-8-21-14-15-22(32-21)24(28)29/h10-15,19H,4-9,16-17H2,1-3H3,(H,28,29). The lowest BCUT2D eigenvalue weighted by atomic mass is 9.79. The molecule has 0 radical (unpaired) electrons. The Balaban J connectivity index is 1.69. The van der Waals surface area contributed by atoms with Gasteiger partial charge in [-0.3, -0.25) is 9.10 Å². The first-order valence-electron chi connectivity index (χ1n) is 11.5. The van der Waals surface area contributed by atoms with Gasteiger partial charge in [0.1, 0.15) is 10.7 Å². The van der Waals surface area contributed by atoms with Crippen LogP contribution in [0, 0.1) is 0 Å². The number of thiophene rings is 1. The molecule has 1 atom stereocenters. The number of hydrogen-bond donors (Lipinski definition) is 1. The number of aryl methyl sites for hydroxylation is 1. The van der Waals surface area contributed by atoms with E-state index in [4.69, 9.17) is 5.11 Å². The van der Waals surface area contributed by atoms with Gasteiger partial charge in [-0.1, -0.05) is 25.5 Å². The van der Waals surface area contributed by atoms with E-state index >= 15 is 0 Å². The molecule has 1 saturated heterocycles. The molecule has 1 aromatic heterocycles. The van der Waals surface area contributed by atoms with E-state index in [-0.39, 0.29) is 17.6 Å². The van der Waals surface area contributed by atoms with Crippen LogP contribution in [0.3, 0.4) is 0 Å². The van der Waals surface area contributed by atoms with Crippen molar-refractivity contribution in [1.82, 2.24) is 0 Å². The van der Waals surface area contributed by atoms with Gasteiger partial charge in [-0.25, -0.2) is 13.2 Å². The third-order valence-electron chi connectivity index (χ3n) is 6.47. The van der Waals surface area contributed by atoms with Gasteiger partial charge < -0.3 is 5.11 Å². The first-order chi connectivity index (χ1) is 15.6. The van der Waals surface area contributed by atoms with Gasteiger partial charge in [0.2, 0.25) is 10.0 Å². The number of anilines is 1. The molecule has 0 spiro atoms. The Kier molecular flexibility index (Phi) is 8.00. The second-order valence-electron chi connectivity index (χ2n) is 9.22. The Morgan fingerprint density at radius 3 is 2.42 bits per heavy atom. The summed E-state index contributed by atoms with van der Waals surface area (Å²) in [7, 11) is -3.38. The van der Waals surface area contributed by atoms with Crippen LogP contribution >= 0.6 is 11.3 Å². The molecule has 1 N–H and O–H groups in total.